The van der Waals surface area contributed by atoms with Gasteiger partial charge < -0.3 is 10.2 Å². The molecule has 6 heteroatoms. The van der Waals surface area contributed by atoms with Gasteiger partial charge in [0.15, 0.2) is 5.96 Å². The highest BCUT2D eigenvalue weighted by Crippen LogP contribution is 2.15. The number of likely N-dealkylation sites (tertiary alicyclic amines) is 1. The van der Waals surface area contributed by atoms with Gasteiger partial charge in [0.05, 0.1) is 23.8 Å². The number of nitrogens with one attached hydrogen (secondary N) is 1. The molecule has 23 heavy (non-hydrogen) atoms. The second-order valence-corrected chi connectivity index (χ2v) is 7.39. The molecule has 1 N–H and O–H groups in total. The van der Waals surface area contributed by atoms with Crippen LogP contribution in [0.2, 0.25) is 0 Å². The van der Waals surface area contributed by atoms with Gasteiger partial charge in [-0.05, 0) is 40.2 Å². The first-order valence-electron chi connectivity index (χ1n) is 8.74. The van der Waals surface area contributed by atoms with Gasteiger partial charge in [0.2, 0.25) is 0 Å². The van der Waals surface area contributed by atoms with Crippen molar-refractivity contribution in [2.45, 2.75) is 52.6 Å². The quantitative estimate of drug-likeness (QED) is 0.640. The Bertz CT molecular complexity index is 499. The predicted octanol–water partition coefficient (Wildman–Crippen LogP) is 2.72. The SMILES string of the molecule is CCNC(=NCCN1CCCCC1C)N(C)Cc1csc(C)n1. The lowest BCUT2D eigenvalue weighted by Gasteiger charge is -2.32. The number of aliphatic imine (C=N–C) groups is 1. The first-order valence-corrected chi connectivity index (χ1v) is 9.62. The van der Waals surface area contributed by atoms with Crippen molar-refractivity contribution in [1.82, 2.24) is 20.1 Å². The third-order valence-electron chi connectivity index (χ3n) is 4.35. The highest BCUT2D eigenvalue weighted by Gasteiger charge is 2.17. The summed E-state index contributed by atoms with van der Waals surface area (Å²) in [7, 11) is 2.08. The van der Waals surface area contributed by atoms with Crippen LogP contribution in [-0.4, -0.2) is 60.0 Å². The number of hydrogen-bond acceptors (Lipinski definition) is 4. The highest BCUT2D eigenvalue weighted by molar-refractivity contribution is 7.09. The molecule has 1 aliphatic heterocycles. The largest absolute Gasteiger partial charge is 0.357 e. The fourth-order valence-electron chi connectivity index (χ4n) is 3.04. The Morgan fingerprint density at radius 3 is 3.00 bits per heavy atom. The van der Waals surface area contributed by atoms with Gasteiger partial charge in [-0.3, -0.25) is 9.89 Å². The number of guanidine groups is 1. The van der Waals surface area contributed by atoms with Gasteiger partial charge in [0.25, 0.3) is 0 Å². The zero-order valence-corrected chi connectivity index (χ0v) is 15.8. The fourth-order valence-corrected chi connectivity index (χ4v) is 3.65. The Morgan fingerprint density at radius 2 is 2.35 bits per heavy atom. The molecule has 0 aromatic carbocycles. The summed E-state index contributed by atoms with van der Waals surface area (Å²) in [4.78, 5) is 14.1. The zero-order chi connectivity index (χ0) is 16.7. The van der Waals surface area contributed by atoms with E-state index in [1.807, 2.05) is 6.92 Å². The summed E-state index contributed by atoms with van der Waals surface area (Å²) < 4.78 is 0. The molecule has 130 valence electrons. The smallest absolute Gasteiger partial charge is 0.194 e. The number of hydrogen-bond donors (Lipinski definition) is 1. The standard InChI is InChI=1S/C17H31N5S/c1-5-18-17(21(4)12-16-13-23-15(3)20-16)19-9-11-22-10-7-6-8-14(22)2/h13-14H,5-12H2,1-4H3,(H,18,19). The molecule has 1 aromatic rings. The lowest BCUT2D eigenvalue weighted by atomic mass is 10.0. The van der Waals surface area contributed by atoms with E-state index in [1.54, 1.807) is 11.3 Å². The van der Waals surface area contributed by atoms with Gasteiger partial charge >= 0.3 is 0 Å². The maximum absolute atomic E-state index is 4.81. The van der Waals surface area contributed by atoms with E-state index in [0.717, 1.165) is 42.8 Å². The molecular formula is C17H31N5S. The number of aryl methyl sites for hydroxylation is 1. The first-order chi connectivity index (χ1) is 11.1. The first kappa shape index (κ1) is 18.2. The van der Waals surface area contributed by atoms with Crippen molar-refractivity contribution in [3.05, 3.63) is 16.1 Å². The van der Waals surface area contributed by atoms with E-state index in [-0.39, 0.29) is 0 Å². The van der Waals surface area contributed by atoms with Crippen molar-refractivity contribution in [2.75, 3.05) is 33.2 Å². The van der Waals surface area contributed by atoms with E-state index < -0.39 is 0 Å². The van der Waals surface area contributed by atoms with Gasteiger partial charge in [-0.25, -0.2) is 4.98 Å². The van der Waals surface area contributed by atoms with Crippen molar-refractivity contribution >= 4 is 17.3 Å². The van der Waals surface area contributed by atoms with E-state index in [0.29, 0.717) is 6.04 Å². The molecule has 0 bridgehead atoms. The summed E-state index contributed by atoms with van der Waals surface area (Å²) in [6.07, 6.45) is 4.03. The van der Waals surface area contributed by atoms with Crippen LogP contribution in [0.1, 0.15) is 43.8 Å². The van der Waals surface area contributed by atoms with Crippen LogP contribution in [0.15, 0.2) is 10.4 Å². The number of piperidine rings is 1. The van der Waals surface area contributed by atoms with Crippen LogP contribution >= 0.6 is 11.3 Å². The summed E-state index contributed by atoms with van der Waals surface area (Å²) >= 11 is 1.70. The molecule has 1 aliphatic rings. The third kappa shape index (κ3) is 5.77. The predicted molar refractivity (Wildman–Crippen MR) is 99.2 cm³/mol. The minimum Gasteiger partial charge on any atom is -0.357 e. The van der Waals surface area contributed by atoms with Crippen LogP contribution in [0.4, 0.5) is 0 Å². The second-order valence-electron chi connectivity index (χ2n) is 6.33. The van der Waals surface area contributed by atoms with Gasteiger partial charge in [0.1, 0.15) is 0 Å². The van der Waals surface area contributed by atoms with Crippen LogP contribution in [0.3, 0.4) is 0 Å². The van der Waals surface area contributed by atoms with E-state index in [1.165, 1.54) is 25.8 Å². The number of rotatable bonds is 6. The maximum atomic E-state index is 4.81. The van der Waals surface area contributed by atoms with Gasteiger partial charge in [-0.15, -0.1) is 11.3 Å². The van der Waals surface area contributed by atoms with Crippen molar-refractivity contribution < 1.29 is 0 Å². The molecule has 1 unspecified atom stereocenters. The van der Waals surface area contributed by atoms with Gasteiger partial charge in [-0.1, -0.05) is 6.42 Å². The summed E-state index contributed by atoms with van der Waals surface area (Å²) in [5, 5.41) is 6.64. The molecule has 2 rings (SSSR count). The number of aromatic nitrogens is 1. The summed E-state index contributed by atoms with van der Waals surface area (Å²) in [6.45, 7) is 11.3. The maximum Gasteiger partial charge on any atom is 0.194 e. The lowest BCUT2D eigenvalue weighted by Crippen LogP contribution is -2.41. The molecule has 0 amide bonds. The van der Waals surface area contributed by atoms with E-state index in [4.69, 9.17) is 4.99 Å². The van der Waals surface area contributed by atoms with Gasteiger partial charge in [-0.2, -0.15) is 0 Å². The molecule has 0 radical (unpaired) electrons. The lowest BCUT2D eigenvalue weighted by molar-refractivity contribution is 0.165. The fraction of sp³-hybridized carbons (Fsp3) is 0.765. The van der Waals surface area contributed by atoms with Crippen LogP contribution in [0, 0.1) is 6.92 Å². The molecule has 0 saturated carbocycles. The van der Waals surface area contributed by atoms with Crippen molar-refractivity contribution in [1.29, 1.82) is 0 Å². The monoisotopic (exact) mass is 337 g/mol. The Kier molecular flexibility index (Phi) is 7.30. The van der Waals surface area contributed by atoms with E-state index >= 15 is 0 Å². The Labute approximate surface area is 144 Å². The molecule has 5 nitrogen and oxygen atoms in total. The summed E-state index contributed by atoms with van der Waals surface area (Å²) in [6, 6.07) is 0.706. The van der Waals surface area contributed by atoms with Crippen molar-refractivity contribution in [3.8, 4) is 0 Å². The van der Waals surface area contributed by atoms with Gasteiger partial charge in [0, 0.05) is 31.6 Å². The molecule has 0 spiro atoms. The molecule has 1 fully saturated rings. The van der Waals surface area contributed by atoms with Crippen LogP contribution in [0.5, 0.6) is 0 Å². The normalized spacial score (nSPS) is 19.8. The number of thiazole rings is 1. The summed E-state index contributed by atoms with van der Waals surface area (Å²) in [5.41, 5.74) is 1.12. The molecule has 1 saturated heterocycles. The average Bonchev–Trinajstić information content (AvgIpc) is 2.93. The molecule has 0 aliphatic carbocycles. The van der Waals surface area contributed by atoms with Crippen molar-refractivity contribution in [3.63, 3.8) is 0 Å². The number of nitrogens with zero attached hydrogens (tertiary/aromatic N) is 4. The Hall–Kier alpha value is -1.14. The van der Waals surface area contributed by atoms with E-state index in [9.17, 15) is 0 Å². The Balaban J connectivity index is 1.88. The second kappa shape index (κ2) is 9.23. The third-order valence-corrected chi connectivity index (χ3v) is 5.17. The minimum absolute atomic E-state index is 0.706. The molecule has 1 aromatic heterocycles. The zero-order valence-electron chi connectivity index (χ0n) is 15.0. The van der Waals surface area contributed by atoms with Crippen LogP contribution in [0.25, 0.3) is 0 Å². The van der Waals surface area contributed by atoms with Crippen molar-refractivity contribution in [2.24, 2.45) is 4.99 Å². The average molecular weight is 338 g/mol. The minimum atomic E-state index is 0.706. The molecule has 2 heterocycles. The highest BCUT2D eigenvalue weighted by atomic mass is 32.1. The molecule has 1 atom stereocenters. The van der Waals surface area contributed by atoms with Crippen LogP contribution < -0.4 is 5.32 Å². The topological polar surface area (TPSA) is 43.8 Å². The van der Waals surface area contributed by atoms with Crippen LogP contribution in [-0.2, 0) is 6.54 Å². The Morgan fingerprint density at radius 1 is 1.52 bits per heavy atom. The van der Waals surface area contributed by atoms with E-state index in [2.05, 4.69) is 46.4 Å². The molecular weight excluding hydrogens is 306 g/mol. The summed E-state index contributed by atoms with van der Waals surface area (Å²) in [5.74, 6) is 0.975.